The van der Waals surface area contributed by atoms with Gasteiger partial charge in [-0.15, -0.1) is 0 Å². The van der Waals surface area contributed by atoms with Gasteiger partial charge in [-0.3, -0.25) is 0 Å². The van der Waals surface area contributed by atoms with Crippen molar-refractivity contribution >= 4 is 10.9 Å². The summed E-state index contributed by atoms with van der Waals surface area (Å²) in [5.74, 6) is 0.912. The number of methoxy groups -OCH3 is 1. The van der Waals surface area contributed by atoms with Gasteiger partial charge in [0.2, 0.25) is 0 Å². The summed E-state index contributed by atoms with van der Waals surface area (Å²) >= 11 is 0. The van der Waals surface area contributed by atoms with Crippen molar-refractivity contribution in [2.75, 3.05) is 7.11 Å². The molecule has 0 radical (unpaired) electrons. The van der Waals surface area contributed by atoms with Crippen molar-refractivity contribution in [3.63, 3.8) is 0 Å². The normalized spacial score (nSPS) is 10.9. The summed E-state index contributed by atoms with van der Waals surface area (Å²) in [6.45, 7) is 4.23. The molecule has 0 aliphatic carbocycles. The van der Waals surface area contributed by atoms with Gasteiger partial charge in [-0.25, -0.2) is 9.97 Å². The molecule has 3 rings (SSSR count). The molecule has 112 valence electrons. The molecular weight excluding hydrogens is 272 g/mol. The van der Waals surface area contributed by atoms with Crippen molar-refractivity contribution in [2.45, 2.75) is 26.7 Å². The second kappa shape index (κ2) is 6.14. The fourth-order valence-corrected chi connectivity index (χ4v) is 2.80. The number of aryl methyl sites for hydroxylation is 2. The molecule has 3 aromatic rings. The maximum atomic E-state index is 5.51. The standard InChI is InChI=1S/C19H20N2O/c1-4-15-10-18-16(11-19(15)22-3)17(20-12-21-18)9-14-7-5-6-13(2)8-14/h5-8,10-12H,4,9H2,1-3H3. The molecule has 0 bridgehead atoms. The van der Waals surface area contributed by atoms with E-state index < -0.39 is 0 Å². The SMILES string of the molecule is CCc1cc2ncnc(Cc3cccc(C)c3)c2cc1OC. The molecule has 0 amide bonds. The highest BCUT2D eigenvalue weighted by Gasteiger charge is 2.10. The van der Waals surface area contributed by atoms with E-state index in [-0.39, 0.29) is 0 Å². The van der Waals surface area contributed by atoms with Crippen LogP contribution < -0.4 is 4.74 Å². The van der Waals surface area contributed by atoms with E-state index in [2.05, 4.69) is 60.2 Å². The van der Waals surface area contributed by atoms with Crippen molar-refractivity contribution in [2.24, 2.45) is 0 Å². The van der Waals surface area contributed by atoms with Gasteiger partial charge in [0.1, 0.15) is 12.1 Å². The zero-order valence-corrected chi connectivity index (χ0v) is 13.3. The molecular formula is C19H20N2O. The molecule has 0 fully saturated rings. The van der Waals surface area contributed by atoms with E-state index in [0.29, 0.717) is 0 Å². The summed E-state index contributed by atoms with van der Waals surface area (Å²) in [4.78, 5) is 8.91. The minimum Gasteiger partial charge on any atom is -0.496 e. The fraction of sp³-hybridized carbons (Fsp3) is 0.263. The Morgan fingerprint density at radius 1 is 1.09 bits per heavy atom. The highest BCUT2D eigenvalue weighted by molar-refractivity contribution is 5.83. The lowest BCUT2D eigenvalue weighted by molar-refractivity contribution is 0.411. The van der Waals surface area contributed by atoms with Crippen LogP contribution in [-0.4, -0.2) is 17.1 Å². The lowest BCUT2D eigenvalue weighted by Crippen LogP contribution is -1.98. The predicted molar refractivity (Wildman–Crippen MR) is 89.5 cm³/mol. The van der Waals surface area contributed by atoms with E-state index in [0.717, 1.165) is 35.2 Å². The lowest BCUT2D eigenvalue weighted by atomic mass is 10.0. The molecule has 3 nitrogen and oxygen atoms in total. The molecule has 0 saturated carbocycles. The van der Waals surface area contributed by atoms with Crippen LogP contribution in [-0.2, 0) is 12.8 Å². The van der Waals surface area contributed by atoms with Gasteiger partial charge in [-0.05, 0) is 36.6 Å². The number of ether oxygens (including phenoxy) is 1. The van der Waals surface area contributed by atoms with Crippen LogP contribution in [0.15, 0.2) is 42.7 Å². The molecule has 0 atom stereocenters. The first-order valence-electron chi connectivity index (χ1n) is 7.57. The Morgan fingerprint density at radius 3 is 2.68 bits per heavy atom. The Bertz CT molecular complexity index is 812. The molecule has 2 aromatic carbocycles. The zero-order chi connectivity index (χ0) is 15.5. The van der Waals surface area contributed by atoms with Crippen LogP contribution in [0.3, 0.4) is 0 Å². The Balaban J connectivity index is 2.09. The van der Waals surface area contributed by atoms with Crippen LogP contribution >= 0.6 is 0 Å². The first kappa shape index (κ1) is 14.5. The maximum absolute atomic E-state index is 5.51. The van der Waals surface area contributed by atoms with Gasteiger partial charge in [-0.1, -0.05) is 36.8 Å². The summed E-state index contributed by atoms with van der Waals surface area (Å²) in [5, 5.41) is 1.07. The summed E-state index contributed by atoms with van der Waals surface area (Å²) in [7, 11) is 1.71. The van der Waals surface area contributed by atoms with E-state index in [1.54, 1.807) is 13.4 Å². The number of nitrogens with zero attached hydrogens (tertiary/aromatic N) is 2. The Kier molecular flexibility index (Phi) is 4.05. The Hall–Kier alpha value is -2.42. The molecule has 1 heterocycles. The quantitative estimate of drug-likeness (QED) is 0.726. The van der Waals surface area contributed by atoms with Gasteiger partial charge >= 0.3 is 0 Å². The van der Waals surface area contributed by atoms with Crippen LogP contribution in [0.5, 0.6) is 5.75 Å². The first-order chi connectivity index (χ1) is 10.7. The molecule has 3 heteroatoms. The highest BCUT2D eigenvalue weighted by atomic mass is 16.5. The second-order valence-corrected chi connectivity index (χ2v) is 5.52. The smallest absolute Gasteiger partial charge is 0.122 e. The highest BCUT2D eigenvalue weighted by Crippen LogP contribution is 2.27. The van der Waals surface area contributed by atoms with Crippen molar-refractivity contribution < 1.29 is 4.74 Å². The lowest BCUT2D eigenvalue weighted by Gasteiger charge is -2.11. The minimum atomic E-state index is 0.801. The number of benzene rings is 2. The van der Waals surface area contributed by atoms with E-state index in [9.17, 15) is 0 Å². The van der Waals surface area contributed by atoms with Crippen molar-refractivity contribution in [1.29, 1.82) is 0 Å². The summed E-state index contributed by atoms with van der Waals surface area (Å²) in [5.41, 5.74) is 5.72. The first-order valence-corrected chi connectivity index (χ1v) is 7.57. The van der Waals surface area contributed by atoms with E-state index in [1.165, 1.54) is 16.7 Å². The Morgan fingerprint density at radius 2 is 1.95 bits per heavy atom. The van der Waals surface area contributed by atoms with Gasteiger partial charge in [-0.2, -0.15) is 0 Å². The molecule has 0 saturated heterocycles. The monoisotopic (exact) mass is 292 g/mol. The van der Waals surface area contributed by atoms with Crippen LogP contribution in [0.2, 0.25) is 0 Å². The zero-order valence-electron chi connectivity index (χ0n) is 13.3. The third-order valence-corrected chi connectivity index (χ3v) is 3.95. The molecule has 0 aliphatic rings. The van der Waals surface area contributed by atoms with Crippen LogP contribution in [0.25, 0.3) is 10.9 Å². The van der Waals surface area contributed by atoms with Crippen molar-refractivity contribution in [3.05, 3.63) is 65.1 Å². The van der Waals surface area contributed by atoms with E-state index in [4.69, 9.17) is 4.74 Å². The number of hydrogen-bond acceptors (Lipinski definition) is 3. The van der Waals surface area contributed by atoms with Gasteiger partial charge < -0.3 is 4.74 Å². The third-order valence-electron chi connectivity index (χ3n) is 3.95. The average Bonchev–Trinajstić information content (AvgIpc) is 2.54. The summed E-state index contributed by atoms with van der Waals surface area (Å²) in [6, 6.07) is 12.7. The third kappa shape index (κ3) is 2.80. The molecule has 22 heavy (non-hydrogen) atoms. The van der Waals surface area contributed by atoms with Crippen LogP contribution in [0, 0.1) is 6.92 Å². The van der Waals surface area contributed by atoms with Crippen LogP contribution in [0.4, 0.5) is 0 Å². The molecule has 0 aliphatic heterocycles. The molecule has 0 spiro atoms. The molecule has 1 aromatic heterocycles. The van der Waals surface area contributed by atoms with E-state index in [1.807, 2.05) is 0 Å². The van der Waals surface area contributed by atoms with Crippen molar-refractivity contribution in [1.82, 2.24) is 9.97 Å². The van der Waals surface area contributed by atoms with Gasteiger partial charge in [0.15, 0.2) is 0 Å². The average molecular weight is 292 g/mol. The maximum Gasteiger partial charge on any atom is 0.122 e. The minimum absolute atomic E-state index is 0.801. The molecule has 0 N–H and O–H groups in total. The number of hydrogen-bond donors (Lipinski definition) is 0. The van der Waals surface area contributed by atoms with Gasteiger partial charge in [0.05, 0.1) is 18.3 Å². The van der Waals surface area contributed by atoms with Gasteiger partial charge in [0, 0.05) is 11.8 Å². The number of aromatic nitrogens is 2. The Labute approximate surface area is 131 Å². The van der Waals surface area contributed by atoms with Crippen molar-refractivity contribution in [3.8, 4) is 5.75 Å². The second-order valence-electron chi connectivity index (χ2n) is 5.52. The fourth-order valence-electron chi connectivity index (χ4n) is 2.80. The number of rotatable bonds is 4. The molecule has 0 unspecified atom stereocenters. The topological polar surface area (TPSA) is 35.0 Å². The summed E-state index contributed by atoms with van der Waals surface area (Å²) in [6.07, 6.45) is 3.38. The van der Waals surface area contributed by atoms with Gasteiger partial charge in [0.25, 0.3) is 0 Å². The largest absolute Gasteiger partial charge is 0.496 e. The predicted octanol–water partition coefficient (Wildman–Crippen LogP) is 4.10. The van der Waals surface area contributed by atoms with E-state index >= 15 is 0 Å². The van der Waals surface area contributed by atoms with Crippen LogP contribution in [0.1, 0.15) is 29.3 Å². The number of fused-ring (bicyclic) bond motifs is 1. The summed E-state index contributed by atoms with van der Waals surface area (Å²) < 4.78 is 5.51.